The second-order valence-corrected chi connectivity index (χ2v) is 8.62. The maximum atomic E-state index is 13.2. The maximum absolute atomic E-state index is 13.2. The number of rotatable bonds is 4. The van der Waals surface area contributed by atoms with E-state index in [9.17, 15) is 14.4 Å². The summed E-state index contributed by atoms with van der Waals surface area (Å²) in [6.07, 6.45) is 1.49. The highest BCUT2D eigenvalue weighted by Gasteiger charge is 2.28. The number of aromatic nitrogens is 4. The van der Waals surface area contributed by atoms with Crippen molar-refractivity contribution in [3.8, 4) is 0 Å². The smallest absolute Gasteiger partial charge is 0.332 e. The summed E-state index contributed by atoms with van der Waals surface area (Å²) in [5.74, 6) is 0.785. The van der Waals surface area contributed by atoms with Crippen molar-refractivity contribution in [2.75, 3.05) is 31.1 Å². The second-order valence-electron chi connectivity index (χ2n) is 8.62. The van der Waals surface area contributed by atoms with E-state index in [0.717, 1.165) is 15.7 Å². The van der Waals surface area contributed by atoms with Crippen molar-refractivity contribution in [2.24, 2.45) is 14.1 Å². The minimum Gasteiger partial charge on any atom is -0.459 e. The molecule has 5 rings (SSSR count). The molecule has 34 heavy (non-hydrogen) atoms. The minimum absolute atomic E-state index is 0.144. The van der Waals surface area contributed by atoms with E-state index < -0.39 is 5.69 Å². The Bertz CT molecular complexity index is 1490. The van der Waals surface area contributed by atoms with E-state index in [2.05, 4.69) is 11.0 Å². The molecule has 0 spiro atoms. The van der Waals surface area contributed by atoms with Gasteiger partial charge >= 0.3 is 5.69 Å². The number of anilines is 1. The molecule has 10 heteroatoms. The summed E-state index contributed by atoms with van der Waals surface area (Å²) in [5.41, 5.74) is 2.09. The molecule has 0 atom stereocenters. The van der Waals surface area contributed by atoms with Gasteiger partial charge in [0.05, 0.1) is 12.8 Å². The van der Waals surface area contributed by atoms with Crippen molar-refractivity contribution >= 4 is 23.0 Å². The number of furan rings is 1. The summed E-state index contributed by atoms with van der Waals surface area (Å²) >= 11 is 0. The fraction of sp³-hybridized carbons (Fsp3) is 0.333. The third kappa shape index (κ3) is 3.60. The molecule has 1 saturated heterocycles. The quantitative estimate of drug-likeness (QED) is 0.454. The van der Waals surface area contributed by atoms with Gasteiger partial charge in [-0.05, 0) is 24.6 Å². The molecule has 0 bridgehead atoms. The van der Waals surface area contributed by atoms with Gasteiger partial charge in [-0.1, -0.05) is 29.8 Å². The number of carbonyl (C=O) groups excluding carboxylic acids is 1. The molecule has 1 aliphatic rings. The number of amides is 1. The van der Waals surface area contributed by atoms with Gasteiger partial charge in [-0.15, -0.1) is 0 Å². The Morgan fingerprint density at radius 1 is 1.03 bits per heavy atom. The van der Waals surface area contributed by atoms with Crippen molar-refractivity contribution in [2.45, 2.75) is 13.5 Å². The van der Waals surface area contributed by atoms with Crippen LogP contribution >= 0.6 is 0 Å². The van der Waals surface area contributed by atoms with E-state index in [1.54, 1.807) is 24.1 Å². The first kappa shape index (κ1) is 21.7. The average Bonchev–Trinajstić information content (AvgIpc) is 3.50. The van der Waals surface area contributed by atoms with Crippen molar-refractivity contribution in [1.82, 2.24) is 23.6 Å². The molecule has 4 aromatic rings. The Morgan fingerprint density at radius 3 is 2.47 bits per heavy atom. The highest BCUT2D eigenvalue weighted by molar-refractivity contribution is 5.91. The first-order chi connectivity index (χ1) is 16.3. The predicted molar refractivity (Wildman–Crippen MR) is 127 cm³/mol. The molecule has 176 valence electrons. The van der Waals surface area contributed by atoms with Crippen LogP contribution in [0.3, 0.4) is 0 Å². The topological polar surface area (TPSA) is 98.5 Å². The number of hydrogen-bond donors (Lipinski definition) is 0. The highest BCUT2D eigenvalue weighted by Crippen LogP contribution is 2.23. The maximum Gasteiger partial charge on any atom is 0.332 e. The molecule has 1 fully saturated rings. The molecular weight excluding hydrogens is 436 g/mol. The monoisotopic (exact) mass is 462 g/mol. The second kappa shape index (κ2) is 8.36. The fourth-order valence-corrected chi connectivity index (χ4v) is 4.48. The van der Waals surface area contributed by atoms with Crippen LogP contribution in [0.2, 0.25) is 0 Å². The Kier molecular flexibility index (Phi) is 5.35. The van der Waals surface area contributed by atoms with E-state index in [1.807, 2.05) is 29.7 Å². The molecule has 10 nitrogen and oxygen atoms in total. The third-order valence-electron chi connectivity index (χ3n) is 6.33. The normalized spacial score (nSPS) is 14.2. The largest absolute Gasteiger partial charge is 0.459 e. The van der Waals surface area contributed by atoms with Gasteiger partial charge in [0.25, 0.3) is 11.5 Å². The molecule has 0 N–H and O–H groups in total. The van der Waals surface area contributed by atoms with E-state index in [-0.39, 0.29) is 11.5 Å². The number of carbonyl (C=O) groups is 1. The number of fused-ring (bicyclic) bond motifs is 1. The van der Waals surface area contributed by atoms with Crippen LogP contribution in [0.5, 0.6) is 0 Å². The van der Waals surface area contributed by atoms with Crippen molar-refractivity contribution in [1.29, 1.82) is 0 Å². The van der Waals surface area contributed by atoms with Crippen LogP contribution < -0.4 is 16.1 Å². The van der Waals surface area contributed by atoms with Crippen LogP contribution in [0.4, 0.5) is 5.95 Å². The number of nitrogens with zero attached hydrogens (tertiary/aromatic N) is 6. The SMILES string of the molecule is Cc1cccc(Cn2c(N3CCN(C(=O)c4ccco4)CC3)nc3c2c(=O)n(C)c(=O)n3C)c1. The first-order valence-electron chi connectivity index (χ1n) is 11.1. The Labute approximate surface area is 195 Å². The number of aryl methyl sites for hydroxylation is 2. The van der Waals surface area contributed by atoms with E-state index in [4.69, 9.17) is 9.40 Å². The third-order valence-corrected chi connectivity index (χ3v) is 6.33. The van der Waals surface area contributed by atoms with Crippen LogP contribution in [0.15, 0.2) is 56.7 Å². The summed E-state index contributed by atoms with van der Waals surface area (Å²) < 4.78 is 9.66. The average molecular weight is 463 g/mol. The lowest BCUT2D eigenvalue weighted by atomic mass is 10.1. The zero-order chi connectivity index (χ0) is 24.0. The summed E-state index contributed by atoms with van der Waals surface area (Å²) in [6.45, 7) is 4.52. The van der Waals surface area contributed by atoms with E-state index in [1.165, 1.54) is 17.9 Å². The van der Waals surface area contributed by atoms with Gasteiger partial charge in [-0.25, -0.2) is 4.79 Å². The van der Waals surface area contributed by atoms with Gasteiger partial charge < -0.3 is 14.2 Å². The van der Waals surface area contributed by atoms with E-state index >= 15 is 0 Å². The molecule has 1 aliphatic heterocycles. The molecule has 4 heterocycles. The molecular formula is C24H26N6O4. The van der Waals surface area contributed by atoms with Crippen molar-refractivity contribution in [3.63, 3.8) is 0 Å². The van der Waals surface area contributed by atoms with Crippen LogP contribution in [0.1, 0.15) is 21.7 Å². The first-order valence-corrected chi connectivity index (χ1v) is 11.1. The van der Waals surface area contributed by atoms with Gasteiger partial charge in [0.2, 0.25) is 5.95 Å². The highest BCUT2D eigenvalue weighted by atomic mass is 16.3. The summed E-state index contributed by atoms with van der Waals surface area (Å²) in [6, 6.07) is 11.4. The van der Waals surface area contributed by atoms with Gasteiger partial charge in [0.15, 0.2) is 16.9 Å². The molecule has 3 aromatic heterocycles. The Hall–Kier alpha value is -4.08. The molecule has 0 unspecified atom stereocenters. The predicted octanol–water partition coefficient (Wildman–Crippen LogP) is 1.35. The van der Waals surface area contributed by atoms with Gasteiger partial charge in [-0.2, -0.15) is 4.98 Å². The summed E-state index contributed by atoms with van der Waals surface area (Å²) in [4.78, 5) is 46.9. The zero-order valence-electron chi connectivity index (χ0n) is 19.4. The molecule has 1 amide bonds. The molecule has 1 aromatic carbocycles. The van der Waals surface area contributed by atoms with Crippen LogP contribution in [0.25, 0.3) is 11.2 Å². The van der Waals surface area contributed by atoms with Crippen LogP contribution in [0, 0.1) is 6.92 Å². The number of piperazine rings is 1. The molecule has 0 aliphatic carbocycles. The van der Waals surface area contributed by atoms with Crippen LogP contribution in [-0.4, -0.2) is 55.7 Å². The number of imidazole rings is 1. The van der Waals surface area contributed by atoms with Crippen LogP contribution in [-0.2, 0) is 20.6 Å². The molecule has 0 radical (unpaired) electrons. The van der Waals surface area contributed by atoms with Gasteiger partial charge in [0.1, 0.15) is 0 Å². The van der Waals surface area contributed by atoms with Crippen molar-refractivity contribution < 1.29 is 9.21 Å². The summed E-state index contributed by atoms with van der Waals surface area (Å²) in [7, 11) is 3.10. The minimum atomic E-state index is -0.418. The Morgan fingerprint density at radius 2 is 1.79 bits per heavy atom. The van der Waals surface area contributed by atoms with Gasteiger partial charge in [-0.3, -0.25) is 23.3 Å². The molecule has 0 saturated carbocycles. The van der Waals surface area contributed by atoms with E-state index in [0.29, 0.717) is 55.6 Å². The number of hydrogen-bond acceptors (Lipinski definition) is 6. The fourth-order valence-electron chi connectivity index (χ4n) is 4.48. The zero-order valence-corrected chi connectivity index (χ0v) is 19.4. The number of benzene rings is 1. The lowest BCUT2D eigenvalue weighted by Crippen LogP contribution is -2.49. The Balaban J connectivity index is 1.55. The standard InChI is InChI=1S/C24H26N6O4/c1-16-6-4-7-17(14-16)15-30-19-20(26(2)24(33)27(3)22(19)32)25-23(30)29-11-9-28(10-12-29)21(31)18-8-5-13-34-18/h4-8,13-14H,9-12,15H2,1-3H3. The van der Waals surface area contributed by atoms with Crippen molar-refractivity contribution in [3.05, 3.63) is 80.4 Å². The van der Waals surface area contributed by atoms with Gasteiger partial charge in [0, 0.05) is 40.3 Å². The summed E-state index contributed by atoms with van der Waals surface area (Å²) in [5, 5.41) is 0. The lowest BCUT2D eigenvalue weighted by Gasteiger charge is -2.35. The lowest BCUT2D eigenvalue weighted by molar-refractivity contribution is 0.0714.